The highest BCUT2D eigenvalue weighted by Gasteiger charge is 2.10. The molecule has 19 heavy (non-hydrogen) atoms. The molecule has 0 aliphatic carbocycles. The predicted octanol–water partition coefficient (Wildman–Crippen LogP) is 5.80. The Balaban J connectivity index is 2.15. The van der Waals surface area contributed by atoms with Gasteiger partial charge in [0.15, 0.2) is 0 Å². The zero-order valence-corrected chi connectivity index (χ0v) is 12.7. The van der Waals surface area contributed by atoms with E-state index in [1.165, 1.54) is 41.8 Å². The van der Waals surface area contributed by atoms with Crippen molar-refractivity contribution in [3.8, 4) is 10.4 Å². The number of rotatable bonds is 7. The Labute approximate surface area is 120 Å². The molecule has 0 spiro atoms. The summed E-state index contributed by atoms with van der Waals surface area (Å²) in [7, 11) is 0. The Morgan fingerprint density at radius 1 is 1.11 bits per heavy atom. The molecule has 1 nitrogen and oxygen atoms in total. The lowest BCUT2D eigenvalue weighted by Gasteiger charge is -2.20. The summed E-state index contributed by atoms with van der Waals surface area (Å²) in [5.41, 5.74) is 2.60. The molecule has 2 aromatic rings. The molecule has 0 saturated heterocycles. The van der Waals surface area contributed by atoms with Crippen LogP contribution in [-0.4, -0.2) is 6.04 Å². The molecule has 0 fully saturated rings. The first-order valence-electron chi connectivity index (χ1n) is 7.24. The van der Waals surface area contributed by atoms with Crippen LogP contribution in [-0.2, 0) is 0 Å². The van der Waals surface area contributed by atoms with Gasteiger partial charge in [0.2, 0.25) is 0 Å². The average Bonchev–Trinajstić information content (AvgIpc) is 2.98. The minimum absolute atomic E-state index is 0.584. The second-order valence-electron chi connectivity index (χ2n) is 4.91. The van der Waals surface area contributed by atoms with E-state index in [0.717, 1.165) is 0 Å². The summed E-state index contributed by atoms with van der Waals surface area (Å²) in [6.07, 6.45) is 5.00. The first kappa shape index (κ1) is 14.1. The second kappa shape index (κ2) is 7.34. The van der Waals surface area contributed by atoms with Gasteiger partial charge in [0, 0.05) is 22.2 Å². The van der Waals surface area contributed by atoms with E-state index in [2.05, 4.69) is 60.9 Å². The van der Waals surface area contributed by atoms with E-state index in [-0.39, 0.29) is 0 Å². The van der Waals surface area contributed by atoms with Crippen LogP contribution in [0.25, 0.3) is 10.4 Å². The lowest BCUT2D eigenvalue weighted by molar-refractivity contribution is 0.593. The van der Waals surface area contributed by atoms with Crippen molar-refractivity contribution in [2.75, 3.05) is 5.32 Å². The van der Waals surface area contributed by atoms with Gasteiger partial charge in [0.05, 0.1) is 0 Å². The maximum absolute atomic E-state index is 3.73. The summed E-state index contributed by atoms with van der Waals surface area (Å²) < 4.78 is 0. The Morgan fingerprint density at radius 3 is 2.63 bits per heavy atom. The second-order valence-corrected chi connectivity index (χ2v) is 5.86. The highest BCUT2D eigenvalue weighted by Crippen LogP contribution is 2.32. The van der Waals surface area contributed by atoms with Crippen LogP contribution >= 0.6 is 11.3 Å². The lowest BCUT2D eigenvalue weighted by atomic mass is 10.1. The number of anilines is 1. The fourth-order valence-corrected chi connectivity index (χ4v) is 3.07. The van der Waals surface area contributed by atoms with Crippen molar-refractivity contribution in [3.05, 3.63) is 41.8 Å². The van der Waals surface area contributed by atoms with Crippen molar-refractivity contribution < 1.29 is 0 Å². The fourth-order valence-electron chi connectivity index (χ4n) is 2.30. The van der Waals surface area contributed by atoms with Crippen molar-refractivity contribution >= 4 is 17.0 Å². The van der Waals surface area contributed by atoms with E-state index in [1.54, 1.807) is 11.3 Å². The molecular weight excluding hydrogens is 250 g/mol. The highest BCUT2D eigenvalue weighted by molar-refractivity contribution is 7.13. The SMILES string of the molecule is CCCCC(CC)Nc1ccccc1-c1cccs1. The molecule has 102 valence electrons. The minimum atomic E-state index is 0.584. The predicted molar refractivity (Wildman–Crippen MR) is 87.0 cm³/mol. The van der Waals surface area contributed by atoms with Gasteiger partial charge >= 0.3 is 0 Å². The van der Waals surface area contributed by atoms with Gasteiger partial charge in [-0.2, -0.15) is 0 Å². The fraction of sp³-hybridized carbons (Fsp3) is 0.412. The van der Waals surface area contributed by atoms with E-state index in [4.69, 9.17) is 0 Å². The van der Waals surface area contributed by atoms with E-state index < -0.39 is 0 Å². The number of unbranched alkanes of at least 4 members (excludes halogenated alkanes) is 1. The number of hydrogen-bond donors (Lipinski definition) is 1. The number of hydrogen-bond acceptors (Lipinski definition) is 2. The zero-order chi connectivity index (χ0) is 13.5. The molecule has 1 aromatic carbocycles. The minimum Gasteiger partial charge on any atom is -0.382 e. The van der Waals surface area contributed by atoms with Gasteiger partial charge in [-0.1, -0.05) is 51.0 Å². The van der Waals surface area contributed by atoms with Crippen LogP contribution in [0, 0.1) is 0 Å². The van der Waals surface area contributed by atoms with Crippen LogP contribution in [0.1, 0.15) is 39.5 Å². The zero-order valence-electron chi connectivity index (χ0n) is 11.9. The summed E-state index contributed by atoms with van der Waals surface area (Å²) in [6.45, 7) is 4.52. The van der Waals surface area contributed by atoms with Crippen molar-refractivity contribution in [2.24, 2.45) is 0 Å². The Bertz CT molecular complexity index is 476. The third-order valence-corrected chi connectivity index (χ3v) is 4.38. The molecule has 0 radical (unpaired) electrons. The third-order valence-electron chi connectivity index (χ3n) is 3.47. The smallest absolute Gasteiger partial charge is 0.0430 e. The molecule has 0 saturated carbocycles. The number of thiophene rings is 1. The summed E-state index contributed by atoms with van der Waals surface area (Å²) in [5.74, 6) is 0. The standard InChI is InChI=1S/C17H23NS/c1-3-5-9-14(4-2)18-16-11-7-6-10-15(16)17-12-8-13-19-17/h6-8,10-14,18H,3-5,9H2,1-2H3. The summed E-state index contributed by atoms with van der Waals surface area (Å²) in [4.78, 5) is 1.34. The molecule has 1 heterocycles. The Morgan fingerprint density at radius 2 is 1.95 bits per heavy atom. The normalized spacial score (nSPS) is 12.3. The number of benzene rings is 1. The number of nitrogens with one attached hydrogen (secondary N) is 1. The van der Waals surface area contributed by atoms with Crippen LogP contribution in [0.3, 0.4) is 0 Å². The molecule has 0 aliphatic heterocycles. The van der Waals surface area contributed by atoms with Gasteiger partial charge in [-0.15, -0.1) is 11.3 Å². The molecule has 1 N–H and O–H groups in total. The van der Waals surface area contributed by atoms with Gasteiger partial charge in [-0.3, -0.25) is 0 Å². The molecule has 1 atom stereocenters. The lowest BCUT2D eigenvalue weighted by Crippen LogP contribution is -2.18. The Hall–Kier alpha value is -1.28. The van der Waals surface area contributed by atoms with Gasteiger partial charge in [0.25, 0.3) is 0 Å². The highest BCUT2D eigenvalue weighted by atomic mass is 32.1. The first-order valence-corrected chi connectivity index (χ1v) is 8.12. The van der Waals surface area contributed by atoms with Gasteiger partial charge < -0.3 is 5.32 Å². The summed E-state index contributed by atoms with van der Waals surface area (Å²) >= 11 is 1.80. The summed E-state index contributed by atoms with van der Waals surface area (Å²) in [6, 6.07) is 13.5. The summed E-state index contributed by atoms with van der Waals surface area (Å²) in [5, 5.41) is 5.87. The Kier molecular flexibility index (Phi) is 5.46. The van der Waals surface area contributed by atoms with E-state index >= 15 is 0 Å². The maximum Gasteiger partial charge on any atom is 0.0430 e. The molecule has 0 aliphatic rings. The van der Waals surface area contributed by atoms with Crippen LogP contribution < -0.4 is 5.32 Å². The molecule has 0 bridgehead atoms. The molecule has 2 rings (SSSR count). The monoisotopic (exact) mass is 273 g/mol. The van der Waals surface area contributed by atoms with E-state index in [1.807, 2.05) is 0 Å². The van der Waals surface area contributed by atoms with Crippen molar-refractivity contribution in [1.29, 1.82) is 0 Å². The van der Waals surface area contributed by atoms with Crippen LogP contribution in [0.2, 0.25) is 0 Å². The van der Waals surface area contributed by atoms with Crippen LogP contribution in [0.4, 0.5) is 5.69 Å². The quantitative estimate of drug-likeness (QED) is 0.672. The van der Waals surface area contributed by atoms with Gasteiger partial charge in [-0.05, 0) is 30.4 Å². The topological polar surface area (TPSA) is 12.0 Å². The molecule has 0 amide bonds. The molecule has 1 unspecified atom stereocenters. The van der Waals surface area contributed by atoms with Gasteiger partial charge in [-0.25, -0.2) is 0 Å². The van der Waals surface area contributed by atoms with Gasteiger partial charge in [0.1, 0.15) is 0 Å². The van der Waals surface area contributed by atoms with Crippen molar-refractivity contribution in [2.45, 2.75) is 45.6 Å². The molecular formula is C17H23NS. The van der Waals surface area contributed by atoms with Crippen molar-refractivity contribution in [1.82, 2.24) is 0 Å². The van der Waals surface area contributed by atoms with Crippen LogP contribution in [0.5, 0.6) is 0 Å². The van der Waals surface area contributed by atoms with E-state index in [9.17, 15) is 0 Å². The third kappa shape index (κ3) is 3.84. The van der Waals surface area contributed by atoms with Crippen molar-refractivity contribution in [3.63, 3.8) is 0 Å². The molecule has 1 aromatic heterocycles. The van der Waals surface area contributed by atoms with E-state index in [0.29, 0.717) is 6.04 Å². The number of para-hydroxylation sites is 1. The largest absolute Gasteiger partial charge is 0.382 e. The van der Waals surface area contributed by atoms with Crippen LogP contribution in [0.15, 0.2) is 41.8 Å². The molecule has 2 heteroatoms. The maximum atomic E-state index is 3.73. The average molecular weight is 273 g/mol. The first-order chi connectivity index (χ1) is 9.35.